The van der Waals surface area contributed by atoms with Crippen molar-refractivity contribution in [2.45, 2.75) is 79.0 Å². The Labute approximate surface area is 128 Å². The van der Waals surface area contributed by atoms with E-state index >= 15 is 0 Å². The summed E-state index contributed by atoms with van der Waals surface area (Å²) < 4.78 is 6.46. The van der Waals surface area contributed by atoms with Gasteiger partial charge in [-0.05, 0) is 0 Å². The molecule has 0 fully saturated rings. The third-order valence-corrected chi connectivity index (χ3v) is 23.3. The molecule has 1 aromatic heterocycles. The Morgan fingerprint density at radius 3 is 1.95 bits per heavy atom. The van der Waals surface area contributed by atoms with E-state index in [1.165, 1.54) is 44.9 Å². The van der Waals surface area contributed by atoms with Gasteiger partial charge in [0.1, 0.15) is 0 Å². The van der Waals surface area contributed by atoms with Crippen molar-refractivity contribution in [3.05, 3.63) is 11.7 Å². The van der Waals surface area contributed by atoms with Crippen molar-refractivity contribution in [2.75, 3.05) is 0 Å². The van der Waals surface area contributed by atoms with Crippen molar-refractivity contribution in [3.63, 3.8) is 0 Å². The van der Waals surface area contributed by atoms with E-state index in [0.29, 0.717) is 0 Å². The van der Waals surface area contributed by atoms with Gasteiger partial charge in [0.15, 0.2) is 0 Å². The summed E-state index contributed by atoms with van der Waals surface area (Å²) in [5.41, 5.74) is 2.07. The van der Waals surface area contributed by atoms with E-state index < -0.39 is 18.4 Å². The van der Waals surface area contributed by atoms with Crippen LogP contribution in [0.1, 0.15) is 65.7 Å². The van der Waals surface area contributed by atoms with Crippen molar-refractivity contribution in [1.82, 2.24) is 4.98 Å². The molecule has 0 aliphatic rings. The molecule has 1 rings (SSSR count). The summed E-state index contributed by atoms with van der Waals surface area (Å²) in [5.74, 6) is 0. The summed E-state index contributed by atoms with van der Waals surface area (Å²) in [6, 6.07) is 0. The van der Waals surface area contributed by atoms with Crippen LogP contribution in [-0.2, 0) is 0 Å². The first kappa shape index (κ1) is 17.5. The second-order valence-corrected chi connectivity index (χ2v) is 20.9. The Bertz CT molecular complexity index is 303. The van der Waals surface area contributed by atoms with Gasteiger partial charge in [-0.15, -0.1) is 0 Å². The van der Waals surface area contributed by atoms with Gasteiger partial charge in [0.25, 0.3) is 0 Å². The first-order valence-corrected chi connectivity index (χ1v) is 16.5. The quantitative estimate of drug-likeness (QED) is 0.356. The Balaban J connectivity index is 2.81. The monoisotopic (exact) mass is 389 g/mol. The second-order valence-electron chi connectivity index (χ2n) is 5.81. The summed E-state index contributed by atoms with van der Waals surface area (Å²) in [5, 5.41) is 0. The summed E-state index contributed by atoms with van der Waals surface area (Å²) in [7, 11) is 0. The molecule has 0 saturated carbocycles. The van der Waals surface area contributed by atoms with Gasteiger partial charge in [0.2, 0.25) is 0 Å². The maximum absolute atomic E-state index is 4.40. The third kappa shape index (κ3) is 5.74. The van der Waals surface area contributed by atoms with Crippen molar-refractivity contribution in [1.29, 1.82) is 0 Å². The van der Waals surface area contributed by atoms with Crippen molar-refractivity contribution in [2.24, 2.45) is 0 Å². The van der Waals surface area contributed by atoms with Crippen LogP contribution in [0.15, 0.2) is 11.7 Å². The molecule has 1 aromatic rings. The van der Waals surface area contributed by atoms with Crippen LogP contribution in [-0.4, -0.2) is 23.4 Å². The van der Waals surface area contributed by atoms with Gasteiger partial charge in [-0.3, -0.25) is 0 Å². The minimum absolute atomic E-state index is 1.35. The van der Waals surface area contributed by atoms with E-state index in [1.807, 2.05) is 11.3 Å². The zero-order chi connectivity index (χ0) is 14.0. The van der Waals surface area contributed by atoms with Crippen molar-refractivity contribution in [3.8, 4) is 0 Å². The summed E-state index contributed by atoms with van der Waals surface area (Å²) >= 11 is -0.129. The van der Waals surface area contributed by atoms with E-state index in [1.54, 1.807) is 16.2 Å². The van der Waals surface area contributed by atoms with E-state index in [2.05, 4.69) is 37.5 Å². The molecular weight excluding hydrogens is 357 g/mol. The molecule has 0 N–H and O–H groups in total. The Hall–Kier alpha value is 0.429. The predicted molar refractivity (Wildman–Crippen MR) is 91.3 cm³/mol. The summed E-state index contributed by atoms with van der Waals surface area (Å²) in [6.07, 6.45) is 12.1. The van der Waals surface area contributed by atoms with E-state index in [0.717, 1.165) is 0 Å². The van der Waals surface area contributed by atoms with E-state index in [-0.39, 0.29) is 0 Å². The molecule has 0 unspecified atom stereocenters. The van der Waals surface area contributed by atoms with Gasteiger partial charge in [-0.2, -0.15) is 0 Å². The van der Waals surface area contributed by atoms with Crippen LogP contribution in [0.25, 0.3) is 0 Å². The topological polar surface area (TPSA) is 12.9 Å². The molecule has 0 saturated heterocycles. The standard InChI is InChI=1S/C5H11.2C4H9.C3H2NS.Sn/c1-3-5-4-2;2*1-3-4-2;1-2-5-3-4-1;/h1,3-5H2,2H3;2*1,3-4H2,2H3;1,3H;. The average molecular weight is 388 g/mol. The fraction of sp³-hybridized carbons (Fsp3) is 0.812. The first-order valence-electron chi connectivity index (χ1n) is 8.18. The van der Waals surface area contributed by atoms with Gasteiger partial charge in [-0.1, -0.05) is 0 Å². The van der Waals surface area contributed by atoms with E-state index in [9.17, 15) is 0 Å². The van der Waals surface area contributed by atoms with Crippen LogP contribution >= 0.6 is 11.3 Å². The molecule has 0 aromatic carbocycles. The number of thiazole rings is 1. The summed E-state index contributed by atoms with van der Waals surface area (Å²) in [6.45, 7) is 7.01. The van der Waals surface area contributed by atoms with Gasteiger partial charge in [-0.25, -0.2) is 0 Å². The molecule has 0 aliphatic heterocycles. The van der Waals surface area contributed by atoms with Gasteiger partial charge in [0.05, 0.1) is 0 Å². The van der Waals surface area contributed by atoms with Gasteiger partial charge in [0, 0.05) is 0 Å². The fourth-order valence-corrected chi connectivity index (χ4v) is 22.0. The molecule has 0 atom stereocenters. The Morgan fingerprint density at radius 1 is 0.895 bits per heavy atom. The van der Waals surface area contributed by atoms with Crippen molar-refractivity contribution < 1.29 is 0 Å². The number of rotatable bonds is 11. The Kier molecular flexibility index (Phi) is 9.38. The SMILES string of the molecule is CCCC[CH2][Sn]([CH2]CCC)([CH2]CCC)[c]1cncs1. The molecule has 0 radical (unpaired) electrons. The maximum atomic E-state index is 4.40. The molecule has 1 heterocycles. The molecule has 0 bridgehead atoms. The second kappa shape index (κ2) is 10.2. The minimum atomic E-state index is -2.10. The van der Waals surface area contributed by atoms with Crippen LogP contribution < -0.4 is 2.89 Å². The van der Waals surface area contributed by atoms with Crippen LogP contribution in [0.4, 0.5) is 0 Å². The molecule has 0 spiro atoms. The normalized spacial score (nSPS) is 11.9. The number of hydrogen-bond donors (Lipinski definition) is 0. The average Bonchev–Trinajstić information content (AvgIpc) is 2.96. The molecule has 19 heavy (non-hydrogen) atoms. The third-order valence-electron chi connectivity index (χ3n) is 4.23. The summed E-state index contributed by atoms with van der Waals surface area (Å²) in [4.78, 5) is 4.40. The Morgan fingerprint density at radius 2 is 1.47 bits per heavy atom. The molecular formula is C16H31NSSn. The predicted octanol–water partition coefficient (Wildman–Crippen LogP) is 5.59. The fourth-order valence-electron chi connectivity index (χ4n) is 2.97. The van der Waals surface area contributed by atoms with Crippen LogP contribution in [0.5, 0.6) is 0 Å². The molecule has 0 aliphatic carbocycles. The first-order chi connectivity index (χ1) is 9.29. The van der Waals surface area contributed by atoms with Crippen molar-refractivity contribution >= 4 is 32.6 Å². The number of nitrogens with zero attached hydrogens (tertiary/aromatic N) is 1. The van der Waals surface area contributed by atoms with E-state index in [4.69, 9.17) is 0 Å². The molecule has 3 heteroatoms. The zero-order valence-corrected chi connectivity index (χ0v) is 16.8. The zero-order valence-electron chi connectivity index (χ0n) is 13.1. The molecule has 1 nitrogen and oxygen atoms in total. The van der Waals surface area contributed by atoms with Gasteiger partial charge < -0.3 is 0 Å². The molecule has 0 amide bonds. The van der Waals surface area contributed by atoms with Crippen LogP contribution in [0, 0.1) is 0 Å². The number of unbranched alkanes of at least 4 members (excludes halogenated alkanes) is 4. The van der Waals surface area contributed by atoms with Crippen LogP contribution in [0.2, 0.25) is 13.3 Å². The number of aromatic nitrogens is 1. The molecule has 110 valence electrons. The van der Waals surface area contributed by atoms with Crippen LogP contribution in [0.3, 0.4) is 0 Å². The number of hydrogen-bond acceptors (Lipinski definition) is 2. The van der Waals surface area contributed by atoms with Gasteiger partial charge >= 0.3 is 128 Å².